The first-order valence-corrected chi connectivity index (χ1v) is 15.4. The summed E-state index contributed by atoms with van der Waals surface area (Å²) in [6.07, 6.45) is 0.250. The van der Waals surface area contributed by atoms with E-state index in [1.54, 1.807) is 43.3 Å². The molecule has 0 spiro atoms. The first kappa shape index (κ1) is 30.8. The molecule has 0 unspecified atom stereocenters. The number of rotatable bonds is 11. The summed E-state index contributed by atoms with van der Waals surface area (Å²) in [5.41, 5.74) is 3.54. The summed E-state index contributed by atoms with van der Waals surface area (Å²) in [6, 6.07) is 29.1. The average Bonchev–Trinajstić information content (AvgIpc) is 3.00. The number of aryl methyl sites for hydroxylation is 1. The Balaban J connectivity index is 1.81. The first-order valence-electron chi connectivity index (χ1n) is 13.5. The highest BCUT2D eigenvalue weighted by molar-refractivity contribution is 7.92. The molecular weight excluding hydrogens is 570 g/mol. The van der Waals surface area contributed by atoms with Crippen molar-refractivity contribution in [3.63, 3.8) is 0 Å². The smallest absolute Gasteiger partial charge is 0.264 e. The molecule has 0 aromatic heterocycles. The van der Waals surface area contributed by atoms with Crippen LogP contribution >= 0.6 is 11.6 Å². The molecule has 0 radical (unpaired) electrons. The predicted octanol–water partition coefficient (Wildman–Crippen LogP) is 5.54. The third kappa shape index (κ3) is 7.19. The molecule has 2 amide bonds. The van der Waals surface area contributed by atoms with Crippen LogP contribution in [0, 0.1) is 13.8 Å². The van der Waals surface area contributed by atoms with Gasteiger partial charge in [0.15, 0.2) is 0 Å². The number of carbonyl (C=O) groups excluding carboxylic acids is 2. The van der Waals surface area contributed by atoms with Gasteiger partial charge >= 0.3 is 0 Å². The van der Waals surface area contributed by atoms with Crippen LogP contribution in [0.25, 0.3) is 0 Å². The molecule has 4 aromatic rings. The van der Waals surface area contributed by atoms with E-state index in [0.29, 0.717) is 10.6 Å². The molecule has 0 aliphatic rings. The second-order valence-electron chi connectivity index (χ2n) is 10.0. The molecule has 7 nitrogen and oxygen atoms in total. The van der Waals surface area contributed by atoms with Gasteiger partial charge in [0.05, 0.1) is 10.6 Å². The molecule has 0 aliphatic carbocycles. The summed E-state index contributed by atoms with van der Waals surface area (Å²) in [5.74, 6) is -0.880. The molecule has 0 saturated carbocycles. The highest BCUT2D eigenvalue weighted by Crippen LogP contribution is 2.31. The van der Waals surface area contributed by atoms with Crippen molar-refractivity contribution >= 4 is 39.1 Å². The van der Waals surface area contributed by atoms with Crippen LogP contribution in [0.5, 0.6) is 0 Å². The lowest BCUT2D eigenvalue weighted by atomic mass is 10.0. The van der Waals surface area contributed by atoms with Crippen LogP contribution in [0.1, 0.15) is 22.3 Å². The molecule has 0 bridgehead atoms. The lowest BCUT2D eigenvalue weighted by Gasteiger charge is -2.34. The van der Waals surface area contributed by atoms with Crippen LogP contribution < -0.4 is 9.62 Å². The Bertz CT molecular complexity index is 1630. The number of sulfonamides is 1. The van der Waals surface area contributed by atoms with E-state index < -0.39 is 28.5 Å². The number of anilines is 1. The van der Waals surface area contributed by atoms with Crippen LogP contribution in [0.3, 0.4) is 0 Å². The Morgan fingerprint density at radius 1 is 0.810 bits per heavy atom. The van der Waals surface area contributed by atoms with Crippen LogP contribution in [-0.2, 0) is 32.6 Å². The van der Waals surface area contributed by atoms with Crippen molar-refractivity contribution in [2.75, 3.05) is 17.9 Å². The monoisotopic (exact) mass is 603 g/mol. The topological polar surface area (TPSA) is 86.8 Å². The highest BCUT2D eigenvalue weighted by atomic mass is 35.5. The standard InChI is InChI=1S/C33H34ClN3O4S/c1-24-17-19-27(20-18-24)22-36(31(33(39)35-3)21-26-11-6-4-7-12-26)32(38)23-37(30-16-10-15-29(34)25(30)2)42(40,41)28-13-8-5-9-14-28/h4-20,31H,21-23H2,1-3H3,(H,35,39)/t31-/m0/s1. The molecule has 9 heteroatoms. The molecule has 0 saturated heterocycles. The van der Waals surface area contributed by atoms with Gasteiger partial charge in [0, 0.05) is 25.0 Å². The maximum absolute atomic E-state index is 14.3. The molecule has 42 heavy (non-hydrogen) atoms. The Kier molecular flexibility index (Phi) is 10.0. The minimum atomic E-state index is -4.18. The molecule has 0 aliphatic heterocycles. The first-order chi connectivity index (χ1) is 20.1. The van der Waals surface area contributed by atoms with Crippen LogP contribution in [-0.4, -0.2) is 44.8 Å². The normalized spacial score (nSPS) is 11.9. The second kappa shape index (κ2) is 13.7. The molecule has 0 heterocycles. The molecule has 1 N–H and O–H groups in total. The third-order valence-electron chi connectivity index (χ3n) is 7.11. The molecule has 218 valence electrons. The summed E-state index contributed by atoms with van der Waals surface area (Å²) in [6.45, 7) is 3.25. The Morgan fingerprint density at radius 2 is 1.43 bits per heavy atom. The number of carbonyl (C=O) groups is 2. The summed E-state index contributed by atoms with van der Waals surface area (Å²) in [4.78, 5) is 29.2. The summed E-state index contributed by atoms with van der Waals surface area (Å²) in [5, 5.41) is 3.06. The van der Waals surface area contributed by atoms with Gasteiger partial charge in [-0.2, -0.15) is 0 Å². The van der Waals surface area contributed by atoms with Gasteiger partial charge in [-0.1, -0.05) is 96.0 Å². The van der Waals surface area contributed by atoms with Crippen LogP contribution in [0.4, 0.5) is 5.69 Å². The zero-order valence-corrected chi connectivity index (χ0v) is 25.4. The summed E-state index contributed by atoms with van der Waals surface area (Å²) < 4.78 is 29.1. The van der Waals surface area contributed by atoms with Gasteiger partial charge in [0.2, 0.25) is 11.8 Å². The van der Waals surface area contributed by atoms with Crippen molar-refractivity contribution < 1.29 is 18.0 Å². The van der Waals surface area contributed by atoms with E-state index in [0.717, 1.165) is 21.0 Å². The molecule has 4 aromatic carbocycles. The van der Waals surface area contributed by atoms with Gasteiger partial charge in [-0.05, 0) is 54.8 Å². The lowest BCUT2D eigenvalue weighted by Crippen LogP contribution is -2.53. The van der Waals surface area contributed by atoms with Gasteiger partial charge < -0.3 is 10.2 Å². The molecule has 0 fully saturated rings. The maximum atomic E-state index is 14.3. The van der Waals surface area contributed by atoms with E-state index in [9.17, 15) is 18.0 Å². The summed E-state index contributed by atoms with van der Waals surface area (Å²) in [7, 11) is -2.66. The zero-order valence-electron chi connectivity index (χ0n) is 23.8. The van der Waals surface area contributed by atoms with Crippen molar-refractivity contribution in [1.82, 2.24) is 10.2 Å². The van der Waals surface area contributed by atoms with Crippen molar-refractivity contribution in [3.05, 3.63) is 130 Å². The number of nitrogens with one attached hydrogen (secondary N) is 1. The van der Waals surface area contributed by atoms with E-state index in [4.69, 9.17) is 11.6 Å². The molecule has 1 atom stereocenters. The quantitative estimate of drug-likeness (QED) is 0.244. The third-order valence-corrected chi connectivity index (χ3v) is 9.29. The largest absolute Gasteiger partial charge is 0.357 e. The zero-order chi connectivity index (χ0) is 30.3. The fourth-order valence-electron chi connectivity index (χ4n) is 4.71. The second-order valence-corrected chi connectivity index (χ2v) is 12.3. The van der Waals surface area contributed by atoms with Crippen molar-refractivity contribution in [2.24, 2.45) is 0 Å². The van der Waals surface area contributed by atoms with E-state index in [2.05, 4.69) is 5.32 Å². The summed E-state index contributed by atoms with van der Waals surface area (Å²) >= 11 is 6.40. The van der Waals surface area contributed by atoms with Gasteiger partial charge in [0.1, 0.15) is 12.6 Å². The predicted molar refractivity (Wildman–Crippen MR) is 167 cm³/mol. The number of hydrogen-bond acceptors (Lipinski definition) is 4. The Hall–Kier alpha value is -4.14. The lowest BCUT2D eigenvalue weighted by molar-refractivity contribution is -0.139. The van der Waals surface area contributed by atoms with Crippen molar-refractivity contribution in [3.8, 4) is 0 Å². The molecule has 4 rings (SSSR count). The Morgan fingerprint density at radius 3 is 2.05 bits per heavy atom. The average molecular weight is 604 g/mol. The number of nitrogens with zero attached hydrogens (tertiary/aromatic N) is 2. The van der Waals surface area contributed by atoms with Gasteiger partial charge in [-0.3, -0.25) is 13.9 Å². The van der Waals surface area contributed by atoms with Gasteiger partial charge in [-0.25, -0.2) is 8.42 Å². The number of halogens is 1. The van der Waals surface area contributed by atoms with Crippen molar-refractivity contribution in [1.29, 1.82) is 0 Å². The van der Waals surface area contributed by atoms with Gasteiger partial charge in [0.25, 0.3) is 10.0 Å². The van der Waals surface area contributed by atoms with E-state index in [1.165, 1.54) is 24.1 Å². The minimum Gasteiger partial charge on any atom is -0.357 e. The number of hydrogen-bond donors (Lipinski definition) is 1. The Labute approximate surface area is 252 Å². The van der Waals surface area contributed by atoms with E-state index in [-0.39, 0.29) is 29.5 Å². The molecular formula is C33H34ClN3O4S. The number of likely N-dealkylation sites (N-methyl/N-ethyl adjacent to an activating group) is 1. The number of benzene rings is 4. The minimum absolute atomic E-state index is 0.0365. The fraction of sp³-hybridized carbons (Fsp3) is 0.212. The number of amides is 2. The van der Waals surface area contributed by atoms with Crippen molar-refractivity contribution in [2.45, 2.75) is 37.8 Å². The van der Waals surface area contributed by atoms with Crippen LogP contribution in [0.2, 0.25) is 5.02 Å². The highest BCUT2D eigenvalue weighted by Gasteiger charge is 2.34. The maximum Gasteiger partial charge on any atom is 0.264 e. The SMILES string of the molecule is CNC(=O)[C@H](Cc1ccccc1)N(Cc1ccc(C)cc1)C(=O)CN(c1cccc(Cl)c1C)S(=O)(=O)c1ccccc1. The fourth-order valence-corrected chi connectivity index (χ4v) is 6.37. The van der Waals surface area contributed by atoms with Crippen LogP contribution in [0.15, 0.2) is 108 Å². The van der Waals surface area contributed by atoms with E-state index in [1.807, 2.05) is 61.5 Å². The van der Waals surface area contributed by atoms with E-state index >= 15 is 0 Å². The van der Waals surface area contributed by atoms with Gasteiger partial charge in [-0.15, -0.1) is 0 Å².